The summed E-state index contributed by atoms with van der Waals surface area (Å²) in [5.41, 5.74) is 9.21. The summed E-state index contributed by atoms with van der Waals surface area (Å²) in [7, 11) is 0. The number of benzene rings is 1. The van der Waals surface area contributed by atoms with E-state index in [1.807, 2.05) is 0 Å². The first-order chi connectivity index (χ1) is 7.66. The van der Waals surface area contributed by atoms with Crippen molar-refractivity contribution in [2.75, 3.05) is 0 Å². The minimum absolute atomic E-state index is 0.484. The van der Waals surface area contributed by atoms with Crippen LogP contribution in [0, 0.1) is 0 Å². The van der Waals surface area contributed by atoms with Gasteiger partial charge in [0.25, 0.3) is 0 Å². The van der Waals surface area contributed by atoms with E-state index in [9.17, 15) is 4.79 Å². The molecule has 3 heteroatoms. The van der Waals surface area contributed by atoms with Crippen molar-refractivity contribution < 1.29 is 9.90 Å². The number of rotatable bonds is 4. The molecule has 16 heavy (non-hydrogen) atoms. The molecule has 1 atom stereocenters. The zero-order valence-corrected chi connectivity index (χ0v) is 9.02. The second kappa shape index (κ2) is 4.49. The average molecular weight is 217 g/mol. The third-order valence-corrected chi connectivity index (χ3v) is 2.91. The average Bonchev–Trinajstić information content (AvgIpc) is 2.72. The molecule has 0 radical (unpaired) electrons. The molecule has 0 bridgehead atoms. The molecule has 0 aliphatic heterocycles. The van der Waals surface area contributed by atoms with Gasteiger partial charge < -0.3 is 10.8 Å². The van der Waals surface area contributed by atoms with Gasteiger partial charge in [0.15, 0.2) is 0 Å². The van der Waals surface area contributed by atoms with E-state index in [-0.39, 0.29) is 0 Å². The first-order valence-electron chi connectivity index (χ1n) is 5.43. The number of allylic oxidation sites excluding steroid dienone is 1. The van der Waals surface area contributed by atoms with Crippen molar-refractivity contribution in [3.63, 3.8) is 0 Å². The molecule has 0 saturated heterocycles. The monoisotopic (exact) mass is 217 g/mol. The molecule has 84 valence electrons. The quantitative estimate of drug-likeness (QED) is 0.805. The second-order valence-corrected chi connectivity index (χ2v) is 4.12. The van der Waals surface area contributed by atoms with E-state index in [1.54, 1.807) is 0 Å². The minimum atomic E-state index is -0.930. The Morgan fingerprint density at radius 3 is 3.06 bits per heavy atom. The fourth-order valence-electron chi connectivity index (χ4n) is 1.90. The van der Waals surface area contributed by atoms with Gasteiger partial charge in [-0.1, -0.05) is 30.4 Å². The maximum absolute atomic E-state index is 10.6. The highest BCUT2D eigenvalue weighted by molar-refractivity contribution is 5.73. The Hall–Kier alpha value is -1.61. The Morgan fingerprint density at radius 2 is 2.31 bits per heavy atom. The smallest absolute Gasteiger partial charge is 0.320 e. The zero-order valence-electron chi connectivity index (χ0n) is 9.02. The minimum Gasteiger partial charge on any atom is -0.480 e. The first kappa shape index (κ1) is 10.9. The van der Waals surface area contributed by atoms with Gasteiger partial charge in [-0.15, -0.1) is 0 Å². The summed E-state index contributed by atoms with van der Waals surface area (Å²) < 4.78 is 0. The van der Waals surface area contributed by atoms with Crippen LogP contribution in [-0.2, 0) is 17.6 Å². The fourth-order valence-corrected chi connectivity index (χ4v) is 1.90. The highest BCUT2D eigenvalue weighted by atomic mass is 16.4. The third kappa shape index (κ3) is 2.31. The lowest BCUT2D eigenvalue weighted by Crippen LogP contribution is -2.30. The molecular formula is C13H15NO2. The van der Waals surface area contributed by atoms with Crippen LogP contribution >= 0.6 is 0 Å². The van der Waals surface area contributed by atoms with Crippen LogP contribution in [0.2, 0.25) is 0 Å². The van der Waals surface area contributed by atoms with Crippen molar-refractivity contribution in [1.29, 1.82) is 0 Å². The number of carboxylic acids is 1. The van der Waals surface area contributed by atoms with Crippen LogP contribution in [0.5, 0.6) is 0 Å². The molecule has 0 fully saturated rings. The van der Waals surface area contributed by atoms with E-state index < -0.39 is 12.0 Å². The van der Waals surface area contributed by atoms with Crippen molar-refractivity contribution in [3.05, 3.63) is 41.0 Å². The molecule has 1 aliphatic rings. The molecule has 2 rings (SSSR count). The van der Waals surface area contributed by atoms with Gasteiger partial charge in [0.1, 0.15) is 6.04 Å². The highest BCUT2D eigenvalue weighted by Crippen LogP contribution is 2.21. The van der Waals surface area contributed by atoms with Crippen molar-refractivity contribution in [3.8, 4) is 0 Å². The van der Waals surface area contributed by atoms with Gasteiger partial charge in [-0.2, -0.15) is 0 Å². The van der Waals surface area contributed by atoms with Crippen LogP contribution in [-0.4, -0.2) is 17.1 Å². The largest absolute Gasteiger partial charge is 0.480 e. The summed E-state index contributed by atoms with van der Waals surface area (Å²) in [4.78, 5) is 10.6. The SMILES string of the molecule is NC(CCc1ccc2c(c1)C=CC2)C(=O)O. The lowest BCUT2D eigenvalue weighted by molar-refractivity contribution is -0.138. The molecule has 0 aromatic heterocycles. The number of hydrogen-bond acceptors (Lipinski definition) is 2. The summed E-state index contributed by atoms with van der Waals surface area (Å²) in [6, 6.07) is 5.52. The number of carboxylic acid groups (broad SMARTS) is 1. The van der Waals surface area contributed by atoms with Crippen LogP contribution in [0.1, 0.15) is 23.1 Å². The molecule has 3 N–H and O–H groups in total. The van der Waals surface area contributed by atoms with Crippen molar-refractivity contribution in [2.24, 2.45) is 5.73 Å². The Bertz CT molecular complexity index is 438. The fraction of sp³-hybridized carbons (Fsp3) is 0.308. The van der Waals surface area contributed by atoms with E-state index >= 15 is 0 Å². The normalized spacial score (nSPS) is 14.8. The molecule has 0 heterocycles. The highest BCUT2D eigenvalue weighted by Gasteiger charge is 2.12. The third-order valence-electron chi connectivity index (χ3n) is 2.91. The predicted octanol–water partition coefficient (Wildman–Crippen LogP) is 1.60. The summed E-state index contributed by atoms with van der Waals surface area (Å²) in [5.74, 6) is -0.930. The van der Waals surface area contributed by atoms with Crippen molar-refractivity contribution in [2.45, 2.75) is 25.3 Å². The van der Waals surface area contributed by atoms with Gasteiger partial charge in [-0.05, 0) is 36.0 Å². The lowest BCUT2D eigenvalue weighted by atomic mass is 10.0. The zero-order chi connectivity index (χ0) is 11.5. The number of fused-ring (bicyclic) bond motifs is 1. The van der Waals surface area contributed by atoms with Gasteiger partial charge in [-0.3, -0.25) is 4.79 Å². The lowest BCUT2D eigenvalue weighted by Gasteiger charge is -2.07. The molecule has 1 aromatic rings. The molecule has 0 spiro atoms. The van der Waals surface area contributed by atoms with E-state index in [0.717, 1.165) is 12.0 Å². The number of aliphatic carboxylic acids is 1. The topological polar surface area (TPSA) is 63.3 Å². The maximum atomic E-state index is 10.6. The molecule has 3 nitrogen and oxygen atoms in total. The number of aryl methyl sites for hydroxylation is 1. The summed E-state index contributed by atoms with van der Waals surface area (Å²) in [5, 5.41) is 8.68. The van der Waals surface area contributed by atoms with Gasteiger partial charge >= 0.3 is 5.97 Å². The first-order valence-corrected chi connectivity index (χ1v) is 5.43. The summed E-state index contributed by atoms with van der Waals surface area (Å²) in [6.45, 7) is 0. The Morgan fingerprint density at radius 1 is 1.50 bits per heavy atom. The molecule has 1 aliphatic carbocycles. The Labute approximate surface area is 94.6 Å². The summed E-state index contributed by atoms with van der Waals surface area (Å²) >= 11 is 0. The molecule has 0 amide bonds. The van der Waals surface area contributed by atoms with Crippen LogP contribution in [0.25, 0.3) is 6.08 Å². The molecule has 0 saturated carbocycles. The molecule has 1 aromatic carbocycles. The van der Waals surface area contributed by atoms with Crippen molar-refractivity contribution in [1.82, 2.24) is 0 Å². The van der Waals surface area contributed by atoms with Gasteiger partial charge in [0, 0.05) is 0 Å². The van der Waals surface area contributed by atoms with E-state index in [2.05, 4.69) is 30.4 Å². The second-order valence-electron chi connectivity index (χ2n) is 4.12. The van der Waals surface area contributed by atoms with Crippen LogP contribution in [0.4, 0.5) is 0 Å². The predicted molar refractivity (Wildman–Crippen MR) is 63.1 cm³/mol. The number of carbonyl (C=O) groups is 1. The van der Waals surface area contributed by atoms with E-state index in [4.69, 9.17) is 10.8 Å². The van der Waals surface area contributed by atoms with Crippen LogP contribution < -0.4 is 5.73 Å². The van der Waals surface area contributed by atoms with E-state index in [1.165, 1.54) is 11.1 Å². The van der Waals surface area contributed by atoms with Crippen molar-refractivity contribution >= 4 is 12.0 Å². The standard InChI is InChI=1S/C13H15NO2/c14-12(13(15)16)7-5-9-4-6-10-2-1-3-11(10)8-9/h1,3-4,6,8,12H,2,5,7,14H2,(H,15,16). The molecule has 1 unspecified atom stereocenters. The van der Waals surface area contributed by atoms with Crippen LogP contribution in [0.15, 0.2) is 24.3 Å². The van der Waals surface area contributed by atoms with Gasteiger partial charge in [0.2, 0.25) is 0 Å². The number of hydrogen-bond donors (Lipinski definition) is 2. The summed E-state index contributed by atoms with van der Waals surface area (Å²) in [6.07, 6.45) is 6.45. The van der Waals surface area contributed by atoms with E-state index in [0.29, 0.717) is 12.8 Å². The Kier molecular flexibility index (Phi) is 3.06. The number of nitrogens with two attached hydrogens (primary N) is 1. The maximum Gasteiger partial charge on any atom is 0.320 e. The van der Waals surface area contributed by atoms with Gasteiger partial charge in [0.05, 0.1) is 0 Å². The Balaban J connectivity index is 2.00. The molecular weight excluding hydrogens is 202 g/mol. The van der Waals surface area contributed by atoms with Gasteiger partial charge in [-0.25, -0.2) is 0 Å². The van der Waals surface area contributed by atoms with Crippen LogP contribution in [0.3, 0.4) is 0 Å².